The summed E-state index contributed by atoms with van der Waals surface area (Å²) in [5.74, 6) is 0.678. The summed E-state index contributed by atoms with van der Waals surface area (Å²) in [6, 6.07) is 14.3. The maximum absolute atomic E-state index is 12.5. The largest absolute Gasteiger partial charge is 0.495 e. The first-order chi connectivity index (χ1) is 12.4. The van der Waals surface area contributed by atoms with E-state index in [0.717, 1.165) is 24.3 Å². The van der Waals surface area contributed by atoms with Crippen molar-refractivity contribution < 1.29 is 14.4 Å². The lowest BCUT2D eigenvalue weighted by molar-refractivity contribution is -0.903. The van der Waals surface area contributed by atoms with Crippen LogP contribution >= 0.6 is 0 Å². The number of carbonyl (C=O) groups is 1. The van der Waals surface area contributed by atoms with E-state index in [1.807, 2.05) is 39.2 Å². The Balaban J connectivity index is 1.98. The van der Waals surface area contributed by atoms with E-state index >= 15 is 0 Å². The molecule has 0 aliphatic rings. The van der Waals surface area contributed by atoms with Gasteiger partial charge in [-0.15, -0.1) is 0 Å². The number of likely N-dealkylation sites (N-methyl/N-ethyl adjacent to an activating group) is 1. The number of carbonyl (C=O) groups excluding carboxylic acids is 1. The third kappa shape index (κ3) is 5.49. The van der Waals surface area contributed by atoms with Gasteiger partial charge in [0.25, 0.3) is 5.91 Å². The van der Waals surface area contributed by atoms with E-state index in [0.29, 0.717) is 12.3 Å². The lowest BCUT2D eigenvalue weighted by atomic mass is 10.2. The molecule has 140 valence electrons. The smallest absolute Gasteiger partial charge is 0.279 e. The summed E-state index contributed by atoms with van der Waals surface area (Å²) in [6.45, 7) is 6.22. The van der Waals surface area contributed by atoms with Gasteiger partial charge < -0.3 is 19.9 Å². The topological polar surface area (TPSA) is 46.0 Å². The number of ether oxygens (including phenoxy) is 1. The molecular formula is C21H30N3O2+. The van der Waals surface area contributed by atoms with E-state index in [9.17, 15) is 4.79 Å². The number of methoxy groups -OCH3 is 1. The van der Waals surface area contributed by atoms with E-state index in [2.05, 4.69) is 41.4 Å². The number of quaternary nitrogens is 1. The van der Waals surface area contributed by atoms with Crippen molar-refractivity contribution in [2.75, 3.05) is 44.5 Å². The maximum Gasteiger partial charge on any atom is 0.279 e. The van der Waals surface area contributed by atoms with Gasteiger partial charge in [-0.05, 0) is 43.7 Å². The number of benzene rings is 2. The molecular weight excluding hydrogens is 326 g/mol. The van der Waals surface area contributed by atoms with Crippen molar-refractivity contribution in [2.45, 2.75) is 20.4 Å². The van der Waals surface area contributed by atoms with Crippen LogP contribution in [0.4, 0.5) is 11.4 Å². The summed E-state index contributed by atoms with van der Waals surface area (Å²) in [4.78, 5) is 15.8. The van der Waals surface area contributed by atoms with E-state index in [-0.39, 0.29) is 5.91 Å². The summed E-state index contributed by atoms with van der Waals surface area (Å²) < 4.78 is 5.33. The zero-order chi connectivity index (χ0) is 19.1. The molecule has 2 N–H and O–H groups in total. The maximum atomic E-state index is 12.5. The highest BCUT2D eigenvalue weighted by Crippen LogP contribution is 2.24. The molecule has 0 saturated carbocycles. The quantitative estimate of drug-likeness (QED) is 0.762. The second kappa shape index (κ2) is 9.25. The van der Waals surface area contributed by atoms with Crippen LogP contribution < -0.4 is 19.9 Å². The number of hydrogen-bond acceptors (Lipinski definition) is 3. The van der Waals surface area contributed by atoms with Crippen LogP contribution in [-0.2, 0) is 11.3 Å². The number of nitrogens with one attached hydrogen (secondary N) is 2. The number of aryl methyl sites for hydroxylation is 1. The Hall–Kier alpha value is -2.53. The standard InChI is InChI=1S/C21H29N3O2/c1-6-24(14-17-8-10-18(11-9-17)23(3)4)15-21(25)22-19-13-16(2)7-12-20(19)26-5/h7-13H,6,14-15H2,1-5H3,(H,22,25)/p+1. The Bertz CT molecular complexity index is 727. The van der Waals surface area contributed by atoms with Gasteiger partial charge in [-0.1, -0.05) is 18.2 Å². The fraction of sp³-hybridized carbons (Fsp3) is 0.381. The molecule has 5 nitrogen and oxygen atoms in total. The molecule has 0 saturated heterocycles. The number of rotatable bonds is 8. The van der Waals surface area contributed by atoms with Crippen LogP contribution in [0.25, 0.3) is 0 Å². The van der Waals surface area contributed by atoms with Crippen LogP contribution in [0.3, 0.4) is 0 Å². The zero-order valence-corrected chi connectivity index (χ0v) is 16.4. The van der Waals surface area contributed by atoms with Gasteiger partial charge in [-0.25, -0.2) is 0 Å². The SMILES string of the molecule is CC[NH+](CC(=O)Nc1cc(C)ccc1OC)Cc1ccc(N(C)C)cc1. The van der Waals surface area contributed by atoms with Crippen LogP contribution in [0, 0.1) is 6.92 Å². The molecule has 0 aromatic heterocycles. The minimum absolute atomic E-state index is 0.00402. The van der Waals surface area contributed by atoms with Gasteiger partial charge in [0.1, 0.15) is 12.3 Å². The molecule has 26 heavy (non-hydrogen) atoms. The fourth-order valence-electron chi connectivity index (χ4n) is 2.85. The summed E-state index contributed by atoms with van der Waals surface area (Å²) in [5.41, 5.74) is 4.22. The lowest BCUT2D eigenvalue weighted by Gasteiger charge is -2.19. The highest BCUT2D eigenvalue weighted by molar-refractivity contribution is 5.93. The van der Waals surface area contributed by atoms with Crippen LogP contribution in [-0.4, -0.2) is 40.2 Å². The van der Waals surface area contributed by atoms with Crippen LogP contribution in [0.1, 0.15) is 18.1 Å². The first-order valence-electron chi connectivity index (χ1n) is 8.97. The number of nitrogens with zero attached hydrogens (tertiary/aromatic N) is 1. The van der Waals surface area contributed by atoms with Gasteiger partial charge in [-0.2, -0.15) is 0 Å². The molecule has 0 aliphatic carbocycles. The Labute approximate surface area is 156 Å². The molecule has 0 heterocycles. The molecule has 0 bridgehead atoms. The first-order valence-corrected chi connectivity index (χ1v) is 8.97. The highest BCUT2D eigenvalue weighted by Gasteiger charge is 2.15. The molecule has 1 atom stereocenters. The minimum Gasteiger partial charge on any atom is -0.495 e. The van der Waals surface area contributed by atoms with Crippen molar-refractivity contribution in [3.8, 4) is 5.75 Å². The molecule has 1 unspecified atom stereocenters. The Morgan fingerprint density at radius 3 is 2.42 bits per heavy atom. The molecule has 1 amide bonds. The van der Waals surface area contributed by atoms with Crippen molar-refractivity contribution in [2.24, 2.45) is 0 Å². The van der Waals surface area contributed by atoms with Crippen LogP contribution in [0.5, 0.6) is 5.75 Å². The molecule has 5 heteroatoms. The number of anilines is 2. The molecule has 2 aromatic rings. The predicted molar refractivity (Wildman–Crippen MR) is 107 cm³/mol. The molecule has 0 fully saturated rings. The molecule has 2 rings (SSSR count). The average molecular weight is 356 g/mol. The summed E-state index contributed by atoms with van der Waals surface area (Å²) in [5, 5.41) is 2.99. The molecule has 0 aliphatic heterocycles. The van der Waals surface area contributed by atoms with Gasteiger partial charge in [0.15, 0.2) is 6.54 Å². The van der Waals surface area contributed by atoms with Crippen LogP contribution in [0.2, 0.25) is 0 Å². The van der Waals surface area contributed by atoms with E-state index in [1.165, 1.54) is 16.2 Å². The van der Waals surface area contributed by atoms with E-state index < -0.39 is 0 Å². The van der Waals surface area contributed by atoms with Gasteiger partial charge in [0.05, 0.1) is 19.3 Å². The second-order valence-electron chi connectivity index (χ2n) is 6.77. The van der Waals surface area contributed by atoms with E-state index in [1.54, 1.807) is 7.11 Å². The second-order valence-corrected chi connectivity index (χ2v) is 6.77. The van der Waals surface area contributed by atoms with Gasteiger partial charge >= 0.3 is 0 Å². The monoisotopic (exact) mass is 356 g/mol. The van der Waals surface area contributed by atoms with Crippen molar-refractivity contribution in [1.29, 1.82) is 0 Å². The zero-order valence-electron chi connectivity index (χ0n) is 16.4. The molecule has 2 aromatic carbocycles. The van der Waals surface area contributed by atoms with Crippen molar-refractivity contribution in [1.82, 2.24) is 0 Å². The Kier molecular flexibility index (Phi) is 7.04. The molecule has 0 spiro atoms. The van der Waals surface area contributed by atoms with Gasteiger partial charge in [0, 0.05) is 25.3 Å². The van der Waals surface area contributed by atoms with Gasteiger partial charge in [-0.3, -0.25) is 4.79 Å². The van der Waals surface area contributed by atoms with Gasteiger partial charge in [0.2, 0.25) is 0 Å². The predicted octanol–water partition coefficient (Wildman–Crippen LogP) is 2.11. The summed E-state index contributed by atoms with van der Waals surface area (Å²) in [6.07, 6.45) is 0. The lowest BCUT2D eigenvalue weighted by Crippen LogP contribution is -3.11. The highest BCUT2D eigenvalue weighted by atomic mass is 16.5. The fourth-order valence-corrected chi connectivity index (χ4v) is 2.85. The van der Waals surface area contributed by atoms with Crippen LogP contribution in [0.15, 0.2) is 42.5 Å². The van der Waals surface area contributed by atoms with E-state index in [4.69, 9.17) is 4.74 Å². The number of hydrogen-bond donors (Lipinski definition) is 2. The Morgan fingerprint density at radius 1 is 1.15 bits per heavy atom. The van der Waals surface area contributed by atoms with Crippen molar-refractivity contribution in [3.05, 3.63) is 53.6 Å². The summed E-state index contributed by atoms with van der Waals surface area (Å²) >= 11 is 0. The third-order valence-electron chi connectivity index (χ3n) is 4.45. The average Bonchev–Trinajstić information content (AvgIpc) is 2.61. The Morgan fingerprint density at radius 2 is 1.85 bits per heavy atom. The first kappa shape index (κ1) is 19.8. The normalized spacial score (nSPS) is 11.7. The molecule has 0 radical (unpaired) electrons. The number of amides is 1. The van der Waals surface area contributed by atoms with Crippen molar-refractivity contribution >= 4 is 17.3 Å². The third-order valence-corrected chi connectivity index (χ3v) is 4.45. The summed E-state index contributed by atoms with van der Waals surface area (Å²) in [7, 11) is 5.67. The van der Waals surface area contributed by atoms with Crippen molar-refractivity contribution in [3.63, 3.8) is 0 Å². The minimum atomic E-state index is -0.00402.